The first kappa shape index (κ1) is 15.7. The number of benzene rings is 1. The summed E-state index contributed by atoms with van der Waals surface area (Å²) in [6.45, 7) is 5.12. The molecule has 0 aliphatic carbocycles. The number of carbonyl (C=O) groups excluding carboxylic acids is 1. The van der Waals surface area contributed by atoms with Crippen molar-refractivity contribution in [3.8, 4) is 0 Å². The molecule has 1 aliphatic rings. The van der Waals surface area contributed by atoms with Crippen LogP contribution >= 0.6 is 0 Å². The summed E-state index contributed by atoms with van der Waals surface area (Å²) in [6, 6.07) is 7.45. The van der Waals surface area contributed by atoms with Crippen LogP contribution in [-0.2, 0) is 11.3 Å². The summed E-state index contributed by atoms with van der Waals surface area (Å²) >= 11 is 0. The van der Waals surface area contributed by atoms with Gasteiger partial charge in [-0.1, -0.05) is 12.1 Å². The van der Waals surface area contributed by atoms with Crippen LogP contribution in [-0.4, -0.2) is 30.4 Å². The zero-order valence-electron chi connectivity index (χ0n) is 13.4. The lowest BCUT2D eigenvalue weighted by Crippen LogP contribution is -2.28. The average Bonchev–Trinajstić information content (AvgIpc) is 2.91. The lowest BCUT2D eigenvalue weighted by molar-refractivity contribution is -0.127. The first-order valence-corrected chi connectivity index (χ1v) is 8.15. The molecule has 0 unspecified atom stereocenters. The molecule has 0 atom stereocenters. The molecule has 0 radical (unpaired) electrons. The molecule has 5 nitrogen and oxygen atoms in total. The van der Waals surface area contributed by atoms with Gasteiger partial charge in [0.05, 0.1) is 0 Å². The largest absolute Gasteiger partial charge is 0.423 e. The number of hydrogen-bond donors (Lipinski definition) is 1. The minimum atomic E-state index is -0.317. The Morgan fingerprint density at radius 3 is 2.91 bits per heavy atom. The van der Waals surface area contributed by atoms with E-state index in [2.05, 4.69) is 5.32 Å². The number of carbonyl (C=O) groups is 1. The fourth-order valence-corrected chi connectivity index (χ4v) is 3.04. The molecule has 1 N–H and O–H groups in total. The number of aryl methyl sites for hydroxylation is 1. The zero-order chi connectivity index (χ0) is 16.2. The van der Waals surface area contributed by atoms with E-state index in [0.29, 0.717) is 18.5 Å². The van der Waals surface area contributed by atoms with Crippen molar-refractivity contribution < 1.29 is 9.21 Å². The summed E-state index contributed by atoms with van der Waals surface area (Å²) in [7, 11) is 0. The van der Waals surface area contributed by atoms with Crippen LogP contribution in [0.2, 0.25) is 0 Å². The van der Waals surface area contributed by atoms with E-state index in [9.17, 15) is 9.59 Å². The van der Waals surface area contributed by atoms with Gasteiger partial charge in [-0.05, 0) is 43.5 Å². The first-order valence-electron chi connectivity index (χ1n) is 8.15. The van der Waals surface area contributed by atoms with Crippen LogP contribution in [0.3, 0.4) is 0 Å². The molecule has 1 aliphatic heterocycles. The predicted molar refractivity (Wildman–Crippen MR) is 89.4 cm³/mol. The maximum atomic E-state index is 11.7. The van der Waals surface area contributed by atoms with Crippen molar-refractivity contribution in [1.82, 2.24) is 10.2 Å². The van der Waals surface area contributed by atoms with Gasteiger partial charge in [0.1, 0.15) is 5.58 Å². The van der Waals surface area contributed by atoms with Crippen molar-refractivity contribution in [1.29, 1.82) is 0 Å². The fraction of sp³-hybridized carbons (Fsp3) is 0.444. The van der Waals surface area contributed by atoms with Gasteiger partial charge in [-0.3, -0.25) is 4.79 Å². The van der Waals surface area contributed by atoms with Gasteiger partial charge < -0.3 is 14.6 Å². The topological polar surface area (TPSA) is 62.6 Å². The van der Waals surface area contributed by atoms with E-state index in [1.807, 2.05) is 30.0 Å². The van der Waals surface area contributed by atoms with Gasteiger partial charge >= 0.3 is 5.63 Å². The molecule has 2 heterocycles. The van der Waals surface area contributed by atoms with E-state index in [1.165, 1.54) is 0 Å². The molecule has 1 aromatic heterocycles. The maximum absolute atomic E-state index is 11.7. The van der Waals surface area contributed by atoms with Crippen molar-refractivity contribution in [2.75, 3.05) is 19.6 Å². The van der Waals surface area contributed by atoms with E-state index in [0.717, 1.165) is 49.0 Å². The average molecular weight is 314 g/mol. The Balaban J connectivity index is 1.57. The molecule has 1 amide bonds. The van der Waals surface area contributed by atoms with Crippen molar-refractivity contribution in [2.24, 2.45) is 0 Å². The minimum Gasteiger partial charge on any atom is -0.423 e. The SMILES string of the molecule is Cc1ccc2c(CNCCCN3CCCC3=O)cc(=O)oc2c1. The zero-order valence-corrected chi connectivity index (χ0v) is 13.4. The summed E-state index contributed by atoms with van der Waals surface area (Å²) in [5, 5.41) is 4.33. The van der Waals surface area contributed by atoms with Crippen molar-refractivity contribution in [2.45, 2.75) is 32.7 Å². The van der Waals surface area contributed by atoms with Gasteiger partial charge in [0.25, 0.3) is 0 Å². The number of hydrogen-bond acceptors (Lipinski definition) is 4. The highest BCUT2D eigenvalue weighted by molar-refractivity contribution is 5.80. The number of likely N-dealkylation sites (tertiary alicyclic amines) is 1. The molecule has 1 aromatic carbocycles. The molecular formula is C18H22N2O3. The summed E-state index contributed by atoms with van der Waals surface area (Å²) < 4.78 is 5.26. The molecule has 3 rings (SSSR count). The standard InChI is InChI=1S/C18H22N2O3/c1-13-5-6-15-14(11-18(22)23-16(15)10-13)12-19-7-3-9-20-8-2-4-17(20)21/h5-6,10-11,19H,2-4,7-9,12H2,1H3. The second-order valence-electron chi connectivity index (χ2n) is 6.10. The lowest BCUT2D eigenvalue weighted by Gasteiger charge is -2.15. The van der Waals surface area contributed by atoms with E-state index in [-0.39, 0.29) is 11.5 Å². The van der Waals surface area contributed by atoms with Crippen LogP contribution < -0.4 is 10.9 Å². The van der Waals surface area contributed by atoms with Gasteiger partial charge in [0.15, 0.2) is 0 Å². The van der Waals surface area contributed by atoms with Gasteiger partial charge in [-0.25, -0.2) is 4.79 Å². The fourth-order valence-electron chi connectivity index (χ4n) is 3.04. The molecular weight excluding hydrogens is 292 g/mol. The normalized spacial score (nSPS) is 14.8. The van der Waals surface area contributed by atoms with Gasteiger partial charge in [0, 0.05) is 37.5 Å². The van der Waals surface area contributed by atoms with Gasteiger partial charge in [-0.2, -0.15) is 0 Å². The third-order valence-electron chi connectivity index (χ3n) is 4.25. The monoisotopic (exact) mass is 314 g/mol. The molecule has 0 bridgehead atoms. The molecule has 5 heteroatoms. The summed E-state index contributed by atoms with van der Waals surface area (Å²) in [5.41, 5.74) is 2.34. The molecule has 1 fully saturated rings. The Hall–Kier alpha value is -2.14. The van der Waals surface area contributed by atoms with E-state index >= 15 is 0 Å². The quantitative estimate of drug-likeness (QED) is 0.656. The number of fused-ring (bicyclic) bond motifs is 1. The second-order valence-corrected chi connectivity index (χ2v) is 6.10. The highest BCUT2D eigenvalue weighted by Gasteiger charge is 2.18. The number of amides is 1. The van der Waals surface area contributed by atoms with Crippen LogP contribution in [0.5, 0.6) is 0 Å². The Labute approximate surface area is 135 Å². The maximum Gasteiger partial charge on any atom is 0.336 e. The third-order valence-corrected chi connectivity index (χ3v) is 4.25. The highest BCUT2D eigenvalue weighted by atomic mass is 16.4. The van der Waals surface area contributed by atoms with Crippen molar-refractivity contribution in [3.63, 3.8) is 0 Å². The van der Waals surface area contributed by atoms with Crippen LogP contribution in [0.15, 0.2) is 33.5 Å². The van der Waals surface area contributed by atoms with E-state index < -0.39 is 0 Å². The number of rotatable bonds is 6. The minimum absolute atomic E-state index is 0.270. The Kier molecular flexibility index (Phi) is 4.76. The molecule has 122 valence electrons. The smallest absolute Gasteiger partial charge is 0.336 e. The van der Waals surface area contributed by atoms with E-state index in [4.69, 9.17) is 4.42 Å². The predicted octanol–water partition coefficient (Wildman–Crippen LogP) is 2.20. The Morgan fingerprint density at radius 1 is 1.26 bits per heavy atom. The first-order chi connectivity index (χ1) is 11.1. The molecule has 2 aromatic rings. The Bertz CT molecular complexity index is 766. The summed E-state index contributed by atoms with van der Waals surface area (Å²) in [5.74, 6) is 0.270. The van der Waals surface area contributed by atoms with Crippen molar-refractivity contribution in [3.05, 3.63) is 45.8 Å². The van der Waals surface area contributed by atoms with Crippen LogP contribution in [0.4, 0.5) is 0 Å². The molecule has 1 saturated heterocycles. The Morgan fingerprint density at radius 2 is 2.13 bits per heavy atom. The van der Waals surface area contributed by atoms with E-state index in [1.54, 1.807) is 6.07 Å². The van der Waals surface area contributed by atoms with Gasteiger partial charge in [0.2, 0.25) is 5.91 Å². The molecule has 0 saturated carbocycles. The second kappa shape index (κ2) is 6.96. The highest BCUT2D eigenvalue weighted by Crippen LogP contribution is 2.18. The van der Waals surface area contributed by atoms with Crippen LogP contribution in [0.25, 0.3) is 11.0 Å². The van der Waals surface area contributed by atoms with Gasteiger partial charge in [-0.15, -0.1) is 0 Å². The van der Waals surface area contributed by atoms with Crippen LogP contribution in [0, 0.1) is 6.92 Å². The number of nitrogens with zero attached hydrogens (tertiary/aromatic N) is 1. The summed E-state index contributed by atoms with van der Waals surface area (Å²) in [6.07, 6.45) is 2.60. The summed E-state index contributed by atoms with van der Waals surface area (Å²) in [4.78, 5) is 25.1. The number of nitrogens with one attached hydrogen (secondary N) is 1. The van der Waals surface area contributed by atoms with Crippen LogP contribution in [0.1, 0.15) is 30.4 Å². The third kappa shape index (κ3) is 3.79. The molecule has 23 heavy (non-hydrogen) atoms. The molecule has 0 spiro atoms. The van der Waals surface area contributed by atoms with Crippen molar-refractivity contribution >= 4 is 16.9 Å². The lowest BCUT2D eigenvalue weighted by atomic mass is 10.1.